The molecular weight excluding hydrogens is 500 g/mol. The van der Waals surface area contributed by atoms with Crippen LogP contribution in [0.15, 0.2) is 57.8 Å². The number of aryl methyl sites for hydroxylation is 1. The summed E-state index contributed by atoms with van der Waals surface area (Å²) >= 11 is 9.19. The van der Waals surface area contributed by atoms with Crippen molar-refractivity contribution in [2.75, 3.05) is 11.9 Å². The lowest BCUT2D eigenvalue weighted by Gasteiger charge is -2.13. The van der Waals surface area contributed by atoms with Gasteiger partial charge in [-0.3, -0.25) is 19.8 Å². The van der Waals surface area contributed by atoms with E-state index in [2.05, 4.69) is 34.6 Å². The second kappa shape index (κ2) is 10.6. The Kier molecular flexibility index (Phi) is 7.53. The quantitative estimate of drug-likeness (QED) is 0.202. The zero-order valence-electron chi connectivity index (χ0n) is 17.3. The van der Waals surface area contributed by atoms with E-state index in [1.807, 2.05) is 12.1 Å². The van der Waals surface area contributed by atoms with Gasteiger partial charge < -0.3 is 0 Å². The second-order valence-electron chi connectivity index (χ2n) is 6.96. The molecule has 0 saturated carbocycles. The maximum Gasteiger partial charge on any atom is 0.266 e. The number of nitrogens with zero attached hydrogens (tertiary/aromatic N) is 3. The number of benzene rings is 2. The summed E-state index contributed by atoms with van der Waals surface area (Å²) in [5, 5.41) is 11.2. The minimum absolute atomic E-state index is 0.226. The minimum atomic E-state index is -0.416. The van der Waals surface area contributed by atoms with Crippen LogP contribution < -0.4 is 5.32 Å². The van der Waals surface area contributed by atoms with E-state index in [0.29, 0.717) is 15.6 Å². The number of hydrogen-bond acceptors (Lipinski definition) is 8. The number of aromatic nitrogens is 2. The molecule has 1 aliphatic heterocycles. The van der Waals surface area contributed by atoms with Crippen molar-refractivity contribution in [2.24, 2.45) is 0 Å². The fraction of sp³-hybridized carbons (Fsp3) is 0.136. The van der Waals surface area contributed by atoms with Crippen molar-refractivity contribution in [1.29, 1.82) is 0 Å². The predicted molar refractivity (Wildman–Crippen MR) is 136 cm³/mol. The van der Waals surface area contributed by atoms with Crippen LogP contribution in [0, 0.1) is 12.7 Å². The van der Waals surface area contributed by atoms with Crippen LogP contribution in [0.5, 0.6) is 0 Å². The molecule has 0 spiro atoms. The summed E-state index contributed by atoms with van der Waals surface area (Å²) in [6.07, 6.45) is 1.62. The van der Waals surface area contributed by atoms with Crippen LogP contribution in [-0.4, -0.2) is 37.8 Å². The summed E-state index contributed by atoms with van der Waals surface area (Å²) in [6, 6.07) is 13.9. The number of carbonyl (C=O) groups is 2. The van der Waals surface area contributed by atoms with E-state index in [1.165, 1.54) is 39.5 Å². The van der Waals surface area contributed by atoms with Crippen molar-refractivity contribution in [1.82, 2.24) is 15.1 Å². The van der Waals surface area contributed by atoms with Crippen molar-refractivity contribution in [3.8, 4) is 0 Å². The standard InChI is InChI=1S/C22H17FN4O2S4/c1-13-4-2-3-5-15(13)12-31-21-26-25-20(33-21)24-18(28)11-27-19(29)17(32-22(27)30)10-14-6-8-16(23)9-7-14/h2-10H,11-12H2,1H3,(H,24,25,28)/b17-10-. The molecule has 3 aromatic rings. The number of rotatable bonds is 7. The molecule has 168 valence electrons. The van der Waals surface area contributed by atoms with Gasteiger partial charge >= 0.3 is 0 Å². The number of nitrogens with one attached hydrogen (secondary N) is 1. The SMILES string of the molecule is Cc1ccccc1CSc1nnc(NC(=O)CN2C(=O)/C(=C/c3ccc(F)cc3)SC2=S)s1. The average molecular weight is 517 g/mol. The molecule has 2 heterocycles. The molecule has 0 radical (unpaired) electrons. The van der Waals surface area contributed by atoms with Gasteiger partial charge in [-0.05, 0) is 41.8 Å². The third kappa shape index (κ3) is 6.05. The maximum atomic E-state index is 13.1. The number of hydrogen-bond donors (Lipinski definition) is 1. The number of thiocarbonyl (C=S) groups is 1. The lowest BCUT2D eigenvalue weighted by Crippen LogP contribution is -2.36. The lowest BCUT2D eigenvalue weighted by atomic mass is 10.1. The number of halogens is 1. The van der Waals surface area contributed by atoms with Crippen molar-refractivity contribution < 1.29 is 14.0 Å². The third-order valence-electron chi connectivity index (χ3n) is 4.61. The van der Waals surface area contributed by atoms with E-state index in [-0.39, 0.29) is 22.6 Å². The van der Waals surface area contributed by atoms with Crippen LogP contribution in [0.1, 0.15) is 16.7 Å². The molecule has 33 heavy (non-hydrogen) atoms. The summed E-state index contributed by atoms with van der Waals surface area (Å²) in [5.74, 6) is -0.381. The van der Waals surface area contributed by atoms with Gasteiger partial charge in [0.25, 0.3) is 5.91 Å². The van der Waals surface area contributed by atoms with Gasteiger partial charge in [0.1, 0.15) is 16.7 Å². The molecule has 1 aliphatic rings. The molecule has 1 aromatic heterocycles. The second-order valence-corrected chi connectivity index (χ2v) is 10.8. The molecule has 0 atom stereocenters. The van der Waals surface area contributed by atoms with Gasteiger partial charge in [0.15, 0.2) is 4.34 Å². The first-order valence-corrected chi connectivity index (χ1v) is 12.7. The summed E-state index contributed by atoms with van der Waals surface area (Å²) in [6.45, 7) is 1.83. The van der Waals surface area contributed by atoms with E-state index >= 15 is 0 Å². The highest BCUT2D eigenvalue weighted by atomic mass is 32.2. The normalized spacial score (nSPS) is 14.8. The monoisotopic (exact) mass is 516 g/mol. The highest BCUT2D eigenvalue weighted by Crippen LogP contribution is 2.33. The first kappa shape index (κ1) is 23.6. The smallest absolute Gasteiger partial charge is 0.266 e. The molecule has 2 aromatic carbocycles. The molecule has 2 amide bonds. The summed E-state index contributed by atoms with van der Waals surface area (Å²) < 4.78 is 14.1. The Balaban J connectivity index is 1.33. The van der Waals surface area contributed by atoms with Crippen LogP contribution >= 0.6 is 47.1 Å². The average Bonchev–Trinajstić information content (AvgIpc) is 3.34. The Morgan fingerprint density at radius 1 is 1.21 bits per heavy atom. The van der Waals surface area contributed by atoms with Crippen LogP contribution in [-0.2, 0) is 15.3 Å². The summed E-state index contributed by atoms with van der Waals surface area (Å²) in [4.78, 5) is 26.8. The van der Waals surface area contributed by atoms with Gasteiger partial charge in [0.2, 0.25) is 11.0 Å². The van der Waals surface area contributed by atoms with E-state index in [1.54, 1.807) is 30.0 Å². The van der Waals surface area contributed by atoms with Gasteiger partial charge in [-0.2, -0.15) is 0 Å². The lowest BCUT2D eigenvalue weighted by molar-refractivity contribution is -0.126. The largest absolute Gasteiger partial charge is 0.299 e. The van der Waals surface area contributed by atoms with Crippen molar-refractivity contribution in [2.45, 2.75) is 17.0 Å². The van der Waals surface area contributed by atoms with Gasteiger partial charge in [-0.25, -0.2) is 4.39 Å². The first-order valence-electron chi connectivity index (χ1n) is 9.70. The van der Waals surface area contributed by atoms with Gasteiger partial charge in [-0.1, -0.05) is 83.5 Å². The van der Waals surface area contributed by atoms with E-state index in [9.17, 15) is 14.0 Å². The van der Waals surface area contributed by atoms with E-state index in [4.69, 9.17) is 12.2 Å². The van der Waals surface area contributed by atoms with Gasteiger partial charge in [0, 0.05) is 5.75 Å². The molecule has 11 heteroatoms. The Bertz CT molecular complexity index is 1240. The minimum Gasteiger partial charge on any atom is -0.299 e. The zero-order chi connectivity index (χ0) is 23.4. The zero-order valence-corrected chi connectivity index (χ0v) is 20.5. The van der Waals surface area contributed by atoms with E-state index in [0.717, 1.165) is 21.9 Å². The van der Waals surface area contributed by atoms with Crippen LogP contribution in [0.4, 0.5) is 9.52 Å². The van der Waals surface area contributed by atoms with Crippen molar-refractivity contribution >= 4 is 74.4 Å². The van der Waals surface area contributed by atoms with Crippen molar-refractivity contribution in [3.63, 3.8) is 0 Å². The third-order valence-corrected chi connectivity index (χ3v) is 8.01. The topological polar surface area (TPSA) is 75.2 Å². The Morgan fingerprint density at radius 3 is 2.73 bits per heavy atom. The highest BCUT2D eigenvalue weighted by Gasteiger charge is 2.33. The van der Waals surface area contributed by atoms with E-state index < -0.39 is 5.91 Å². The molecule has 1 N–H and O–H groups in total. The highest BCUT2D eigenvalue weighted by molar-refractivity contribution is 8.26. The molecule has 0 unspecified atom stereocenters. The van der Waals surface area contributed by atoms with Gasteiger partial charge in [0.05, 0.1) is 4.91 Å². The molecule has 6 nitrogen and oxygen atoms in total. The van der Waals surface area contributed by atoms with Crippen molar-refractivity contribution in [3.05, 3.63) is 75.9 Å². The first-order chi connectivity index (χ1) is 15.9. The molecule has 0 bridgehead atoms. The number of amides is 2. The summed E-state index contributed by atoms with van der Waals surface area (Å²) in [5.41, 5.74) is 3.09. The van der Waals surface area contributed by atoms with Crippen LogP contribution in [0.2, 0.25) is 0 Å². The maximum absolute atomic E-state index is 13.1. The Labute approximate surface area is 207 Å². The molecule has 1 fully saturated rings. The fourth-order valence-corrected chi connectivity index (χ4v) is 5.98. The number of thioether (sulfide) groups is 2. The molecule has 4 rings (SSSR count). The molecule has 1 saturated heterocycles. The Hall–Kier alpha value is -2.60. The molecular formula is C22H17FN4O2S4. The number of carbonyl (C=O) groups excluding carboxylic acids is 2. The predicted octanol–water partition coefficient (Wildman–Crippen LogP) is 5.12. The van der Waals surface area contributed by atoms with Crippen LogP contribution in [0.3, 0.4) is 0 Å². The summed E-state index contributed by atoms with van der Waals surface area (Å²) in [7, 11) is 0. The van der Waals surface area contributed by atoms with Gasteiger partial charge in [-0.15, -0.1) is 10.2 Å². The van der Waals surface area contributed by atoms with Crippen LogP contribution in [0.25, 0.3) is 6.08 Å². The Morgan fingerprint density at radius 2 is 1.97 bits per heavy atom. The fourth-order valence-electron chi connectivity index (χ4n) is 2.88. The molecule has 0 aliphatic carbocycles. The number of anilines is 1.